The summed E-state index contributed by atoms with van der Waals surface area (Å²) in [6.07, 6.45) is 0. The van der Waals surface area contributed by atoms with Crippen molar-refractivity contribution in [2.75, 3.05) is 0 Å². The molecule has 0 aliphatic carbocycles. The zero-order valence-corrected chi connectivity index (χ0v) is 19.0. The van der Waals surface area contributed by atoms with E-state index >= 15 is 0 Å². The van der Waals surface area contributed by atoms with E-state index in [4.69, 9.17) is 0 Å². The van der Waals surface area contributed by atoms with Gasteiger partial charge in [0.1, 0.15) is 11.5 Å². The van der Waals surface area contributed by atoms with Gasteiger partial charge in [-0.3, -0.25) is 0 Å². The van der Waals surface area contributed by atoms with Gasteiger partial charge in [0, 0.05) is 0 Å². The van der Waals surface area contributed by atoms with Crippen molar-refractivity contribution in [2.45, 2.75) is 78.6 Å². The number of benzene rings is 2. The zero-order valence-electron chi connectivity index (χ0n) is 19.0. The van der Waals surface area contributed by atoms with E-state index in [0.29, 0.717) is 33.4 Å². The number of hydrogen-bond donors (Lipinski definition) is 2. The Balaban J connectivity index is 2.90. The Morgan fingerprint density at radius 1 is 0.724 bits per heavy atom. The van der Waals surface area contributed by atoms with Gasteiger partial charge in [-0.15, -0.1) is 0 Å². The molecule has 2 aromatic carbocycles. The van der Waals surface area contributed by atoms with Gasteiger partial charge in [0.15, 0.2) is 0 Å². The van der Waals surface area contributed by atoms with Crippen LogP contribution in [0.5, 0.6) is 11.5 Å². The minimum Gasteiger partial charge on any atom is -0.549 e. The molecule has 0 heterocycles. The molecule has 0 bridgehead atoms. The van der Waals surface area contributed by atoms with Crippen molar-refractivity contribution >= 4 is 5.97 Å². The molecule has 0 aliphatic heterocycles. The molecule has 0 spiro atoms. The number of carboxylic acid groups (broad SMARTS) is 1. The largest absolute Gasteiger partial charge is 0.549 e. The SMILES string of the molecule is Cc1cc(C(C)(C(=O)[O-])c2cc(C)c(O)c(C(C)(C)C)c2)cc(C(C)(C)C)c1O. The Kier molecular flexibility index (Phi) is 5.57. The number of carbonyl (C=O) groups excluding carboxylic acids is 1. The third-order valence-corrected chi connectivity index (χ3v) is 5.78. The van der Waals surface area contributed by atoms with Crippen LogP contribution in [0.3, 0.4) is 0 Å². The summed E-state index contributed by atoms with van der Waals surface area (Å²) >= 11 is 0. The molecule has 0 aromatic heterocycles. The lowest BCUT2D eigenvalue weighted by molar-refractivity contribution is -0.311. The Labute approximate surface area is 174 Å². The Morgan fingerprint density at radius 2 is 1.03 bits per heavy atom. The van der Waals surface area contributed by atoms with Gasteiger partial charge in [-0.05, 0) is 65.0 Å². The van der Waals surface area contributed by atoms with Gasteiger partial charge in [-0.1, -0.05) is 65.8 Å². The molecule has 2 rings (SSSR count). The van der Waals surface area contributed by atoms with E-state index in [9.17, 15) is 20.1 Å². The molecule has 0 unspecified atom stereocenters. The molecule has 4 heteroatoms. The van der Waals surface area contributed by atoms with E-state index < -0.39 is 11.4 Å². The predicted molar refractivity (Wildman–Crippen MR) is 115 cm³/mol. The maximum atomic E-state index is 12.5. The van der Waals surface area contributed by atoms with Crippen molar-refractivity contribution in [3.8, 4) is 11.5 Å². The first-order chi connectivity index (χ1) is 13.0. The first-order valence-corrected chi connectivity index (χ1v) is 9.91. The van der Waals surface area contributed by atoms with Gasteiger partial charge in [0.05, 0.1) is 11.4 Å². The number of hydrogen-bond acceptors (Lipinski definition) is 4. The van der Waals surface area contributed by atoms with E-state index in [1.54, 1.807) is 45.0 Å². The lowest BCUT2D eigenvalue weighted by Gasteiger charge is -2.36. The molecule has 0 amide bonds. The zero-order chi connectivity index (χ0) is 22.5. The number of aromatic hydroxyl groups is 2. The summed E-state index contributed by atoms with van der Waals surface area (Å²) in [5.41, 5.74) is 1.52. The van der Waals surface area contributed by atoms with Crippen LogP contribution in [0.2, 0.25) is 0 Å². The van der Waals surface area contributed by atoms with Gasteiger partial charge >= 0.3 is 0 Å². The number of carbonyl (C=O) groups is 1. The van der Waals surface area contributed by atoms with Crippen molar-refractivity contribution in [1.82, 2.24) is 0 Å². The molecular formula is C25H33O4-. The van der Waals surface area contributed by atoms with Crippen LogP contribution in [-0.2, 0) is 21.0 Å². The Morgan fingerprint density at radius 3 is 1.28 bits per heavy atom. The second-order valence-electron chi connectivity index (χ2n) is 10.3. The molecule has 2 aromatic rings. The third kappa shape index (κ3) is 3.98. The van der Waals surface area contributed by atoms with Crippen LogP contribution in [0.4, 0.5) is 0 Å². The lowest BCUT2D eigenvalue weighted by Crippen LogP contribution is -2.45. The van der Waals surface area contributed by atoms with E-state index in [-0.39, 0.29) is 22.3 Å². The number of phenolic OH excluding ortho intramolecular Hbond substituents is 2. The maximum absolute atomic E-state index is 12.5. The Hall–Kier alpha value is -2.49. The van der Waals surface area contributed by atoms with Crippen molar-refractivity contribution in [3.63, 3.8) is 0 Å². The fraction of sp³-hybridized carbons (Fsp3) is 0.480. The van der Waals surface area contributed by atoms with Crippen molar-refractivity contribution in [1.29, 1.82) is 0 Å². The summed E-state index contributed by atoms with van der Waals surface area (Å²) in [4.78, 5) is 12.5. The monoisotopic (exact) mass is 397 g/mol. The fourth-order valence-electron chi connectivity index (χ4n) is 3.68. The minimum atomic E-state index is -1.45. The molecule has 0 saturated carbocycles. The lowest BCUT2D eigenvalue weighted by atomic mass is 9.71. The van der Waals surface area contributed by atoms with E-state index in [1.807, 2.05) is 41.5 Å². The van der Waals surface area contributed by atoms with Crippen LogP contribution in [0.25, 0.3) is 0 Å². The molecule has 158 valence electrons. The highest BCUT2D eigenvalue weighted by Gasteiger charge is 2.35. The van der Waals surface area contributed by atoms with Gasteiger partial charge in [0.25, 0.3) is 0 Å². The third-order valence-electron chi connectivity index (χ3n) is 5.78. The molecule has 0 saturated heterocycles. The number of aliphatic carboxylic acids is 1. The minimum absolute atomic E-state index is 0.180. The van der Waals surface area contributed by atoms with Crippen LogP contribution >= 0.6 is 0 Å². The topological polar surface area (TPSA) is 80.6 Å². The normalized spacial score (nSPS) is 12.9. The van der Waals surface area contributed by atoms with E-state index in [2.05, 4.69) is 0 Å². The molecular weight excluding hydrogens is 364 g/mol. The van der Waals surface area contributed by atoms with Crippen LogP contribution in [0.15, 0.2) is 24.3 Å². The molecule has 0 radical (unpaired) electrons. The first kappa shape index (κ1) is 22.8. The number of aryl methyl sites for hydroxylation is 2. The second-order valence-corrected chi connectivity index (χ2v) is 10.3. The standard InChI is InChI=1S/C25H34O4/c1-14-10-16(12-18(20(14)26)23(3,4)5)25(9,22(28)29)17-11-15(2)21(27)19(13-17)24(6,7)8/h10-13,26-27H,1-9H3,(H,28,29)/p-1. The Bertz CT molecular complexity index is 887. The van der Waals surface area contributed by atoms with E-state index in [1.165, 1.54) is 0 Å². The van der Waals surface area contributed by atoms with Crippen LogP contribution in [0, 0.1) is 13.8 Å². The number of rotatable bonds is 3. The molecule has 4 nitrogen and oxygen atoms in total. The van der Waals surface area contributed by atoms with Crippen LogP contribution in [0.1, 0.15) is 81.8 Å². The quantitative estimate of drug-likeness (QED) is 0.806. The smallest absolute Gasteiger partial charge is 0.122 e. The summed E-state index contributed by atoms with van der Waals surface area (Å²) in [7, 11) is 0. The van der Waals surface area contributed by atoms with Gasteiger partial charge in [-0.25, -0.2) is 0 Å². The first-order valence-electron chi connectivity index (χ1n) is 9.91. The highest BCUT2D eigenvalue weighted by molar-refractivity contribution is 5.84. The summed E-state index contributed by atoms with van der Waals surface area (Å²) in [6, 6.07) is 6.94. The predicted octanol–water partition coefficient (Wildman–Crippen LogP) is 4.37. The van der Waals surface area contributed by atoms with Gasteiger partial charge in [-0.2, -0.15) is 0 Å². The van der Waals surface area contributed by atoms with Gasteiger partial charge in [0.2, 0.25) is 0 Å². The number of phenols is 2. The van der Waals surface area contributed by atoms with Crippen molar-refractivity contribution in [3.05, 3.63) is 57.6 Å². The molecule has 0 aliphatic rings. The average molecular weight is 398 g/mol. The van der Waals surface area contributed by atoms with Crippen LogP contribution < -0.4 is 5.11 Å². The summed E-state index contributed by atoms with van der Waals surface area (Å²) < 4.78 is 0. The molecule has 2 N–H and O–H groups in total. The van der Waals surface area contributed by atoms with E-state index in [0.717, 1.165) is 0 Å². The highest BCUT2D eigenvalue weighted by Crippen LogP contribution is 2.43. The summed E-state index contributed by atoms with van der Waals surface area (Å²) in [5, 5.41) is 33.6. The summed E-state index contributed by atoms with van der Waals surface area (Å²) in [6.45, 7) is 17.0. The van der Waals surface area contributed by atoms with Crippen LogP contribution in [-0.4, -0.2) is 16.2 Å². The van der Waals surface area contributed by atoms with Gasteiger partial charge < -0.3 is 20.1 Å². The number of carboxylic acids is 1. The van der Waals surface area contributed by atoms with Crippen molar-refractivity contribution < 1.29 is 20.1 Å². The molecule has 0 fully saturated rings. The maximum Gasteiger partial charge on any atom is 0.122 e. The van der Waals surface area contributed by atoms with Crippen molar-refractivity contribution in [2.24, 2.45) is 0 Å². The molecule has 29 heavy (non-hydrogen) atoms. The second kappa shape index (κ2) is 7.08. The fourth-order valence-corrected chi connectivity index (χ4v) is 3.68. The average Bonchev–Trinajstić information content (AvgIpc) is 2.56. The summed E-state index contributed by atoms with van der Waals surface area (Å²) in [5.74, 6) is -0.870. The molecule has 0 atom stereocenters. The highest BCUT2D eigenvalue weighted by atomic mass is 16.4.